The number of rotatable bonds is 4. The van der Waals surface area contributed by atoms with E-state index >= 15 is 0 Å². The first-order valence-electron chi connectivity index (χ1n) is 7.03. The molecular weight excluding hydrogens is 244 g/mol. The zero-order valence-corrected chi connectivity index (χ0v) is 11.5. The van der Waals surface area contributed by atoms with Crippen LogP contribution in [0, 0.1) is 5.41 Å². The van der Waals surface area contributed by atoms with E-state index in [0.29, 0.717) is 18.3 Å². The number of hydrogen-bond donors (Lipinski definition) is 1. The molecule has 2 heterocycles. The first-order chi connectivity index (χ1) is 9.21. The lowest BCUT2D eigenvalue weighted by Gasteiger charge is -2.39. The maximum atomic E-state index is 5.86. The molecule has 1 aliphatic heterocycles. The molecule has 1 aromatic heterocycles. The molecule has 0 radical (unpaired) electrons. The van der Waals surface area contributed by atoms with Gasteiger partial charge in [0.05, 0.1) is 6.61 Å². The molecule has 3 rings (SSSR count). The standard InChI is InChI=1S/C13H22N4O2/c1-17-5-6-18-10(8-17)12-15-11(19-16-12)7-13(9-14)3-2-4-13/h10H,2-9,14H2,1H3. The van der Waals surface area contributed by atoms with Crippen LogP contribution in [-0.2, 0) is 11.2 Å². The molecule has 6 heteroatoms. The first-order valence-corrected chi connectivity index (χ1v) is 7.03. The van der Waals surface area contributed by atoms with E-state index in [2.05, 4.69) is 22.1 Å². The fourth-order valence-corrected chi connectivity index (χ4v) is 2.86. The Bertz CT molecular complexity index is 425. The maximum absolute atomic E-state index is 5.86. The molecule has 1 saturated heterocycles. The van der Waals surface area contributed by atoms with Gasteiger partial charge in [0.15, 0.2) is 0 Å². The summed E-state index contributed by atoms with van der Waals surface area (Å²) >= 11 is 0. The van der Waals surface area contributed by atoms with Crippen LogP contribution in [0.3, 0.4) is 0 Å². The number of ether oxygens (including phenoxy) is 1. The monoisotopic (exact) mass is 266 g/mol. The van der Waals surface area contributed by atoms with E-state index < -0.39 is 0 Å². The van der Waals surface area contributed by atoms with Crippen LogP contribution in [0.25, 0.3) is 0 Å². The van der Waals surface area contributed by atoms with Crippen molar-refractivity contribution in [2.75, 3.05) is 33.3 Å². The summed E-state index contributed by atoms with van der Waals surface area (Å²) in [5.41, 5.74) is 6.07. The molecule has 1 aliphatic carbocycles. The Morgan fingerprint density at radius 2 is 2.32 bits per heavy atom. The smallest absolute Gasteiger partial charge is 0.227 e. The van der Waals surface area contributed by atoms with Gasteiger partial charge in [-0.1, -0.05) is 11.6 Å². The summed E-state index contributed by atoms with van der Waals surface area (Å²) < 4.78 is 11.1. The summed E-state index contributed by atoms with van der Waals surface area (Å²) in [5.74, 6) is 1.38. The van der Waals surface area contributed by atoms with Crippen molar-refractivity contribution >= 4 is 0 Å². The highest BCUT2D eigenvalue weighted by Crippen LogP contribution is 2.42. The Hall–Kier alpha value is -0.980. The van der Waals surface area contributed by atoms with Crippen molar-refractivity contribution < 1.29 is 9.26 Å². The van der Waals surface area contributed by atoms with Crippen LogP contribution in [0.1, 0.15) is 37.1 Å². The Morgan fingerprint density at radius 1 is 1.47 bits per heavy atom. The molecule has 0 bridgehead atoms. The SMILES string of the molecule is CN1CCOC(c2noc(CC3(CN)CCC3)n2)C1. The zero-order chi connectivity index (χ0) is 13.3. The summed E-state index contributed by atoms with van der Waals surface area (Å²) in [7, 11) is 2.08. The topological polar surface area (TPSA) is 77.4 Å². The van der Waals surface area contributed by atoms with Crippen molar-refractivity contribution in [1.29, 1.82) is 0 Å². The molecule has 1 atom stereocenters. The predicted molar refractivity (Wildman–Crippen MR) is 69.5 cm³/mol. The van der Waals surface area contributed by atoms with E-state index in [-0.39, 0.29) is 11.5 Å². The molecule has 0 aromatic carbocycles. The van der Waals surface area contributed by atoms with Gasteiger partial charge in [-0.15, -0.1) is 0 Å². The molecule has 0 amide bonds. The molecule has 1 unspecified atom stereocenters. The van der Waals surface area contributed by atoms with Crippen LogP contribution in [-0.4, -0.2) is 48.3 Å². The number of morpholine rings is 1. The van der Waals surface area contributed by atoms with E-state index in [4.69, 9.17) is 15.0 Å². The average Bonchev–Trinajstić information content (AvgIpc) is 2.82. The Labute approximate surface area is 113 Å². The van der Waals surface area contributed by atoms with Crippen LogP contribution in [0.2, 0.25) is 0 Å². The molecule has 106 valence electrons. The van der Waals surface area contributed by atoms with Crippen LogP contribution in [0.15, 0.2) is 4.52 Å². The fourth-order valence-electron chi connectivity index (χ4n) is 2.86. The minimum absolute atomic E-state index is 0.0635. The zero-order valence-electron chi connectivity index (χ0n) is 11.5. The largest absolute Gasteiger partial charge is 0.367 e. The molecule has 2 fully saturated rings. The second-order valence-corrected chi connectivity index (χ2v) is 5.90. The van der Waals surface area contributed by atoms with Gasteiger partial charge in [0.25, 0.3) is 0 Å². The molecule has 6 nitrogen and oxygen atoms in total. The highest BCUT2D eigenvalue weighted by molar-refractivity contribution is 5.00. The van der Waals surface area contributed by atoms with Gasteiger partial charge >= 0.3 is 0 Å². The van der Waals surface area contributed by atoms with Gasteiger partial charge < -0.3 is 19.9 Å². The number of hydrogen-bond acceptors (Lipinski definition) is 6. The number of likely N-dealkylation sites (N-methyl/N-ethyl adjacent to an activating group) is 1. The third-order valence-electron chi connectivity index (χ3n) is 4.41. The summed E-state index contributed by atoms with van der Waals surface area (Å²) in [6.07, 6.45) is 4.34. The van der Waals surface area contributed by atoms with Gasteiger partial charge in [-0.05, 0) is 31.8 Å². The Morgan fingerprint density at radius 3 is 2.95 bits per heavy atom. The summed E-state index contributed by atoms with van der Waals surface area (Å²) in [6.45, 7) is 3.20. The molecule has 2 aliphatic rings. The second-order valence-electron chi connectivity index (χ2n) is 5.90. The lowest BCUT2D eigenvalue weighted by molar-refractivity contribution is -0.0264. The number of nitrogens with zero attached hydrogens (tertiary/aromatic N) is 3. The highest BCUT2D eigenvalue weighted by atomic mass is 16.5. The minimum Gasteiger partial charge on any atom is -0.367 e. The van der Waals surface area contributed by atoms with Gasteiger partial charge in [0.2, 0.25) is 11.7 Å². The fraction of sp³-hybridized carbons (Fsp3) is 0.846. The second kappa shape index (κ2) is 5.19. The molecule has 0 spiro atoms. The molecular formula is C13H22N4O2. The van der Waals surface area contributed by atoms with Crippen LogP contribution < -0.4 is 5.73 Å². The maximum Gasteiger partial charge on any atom is 0.227 e. The average molecular weight is 266 g/mol. The molecule has 1 aromatic rings. The van der Waals surface area contributed by atoms with Gasteiger partial charge in [-0.2, -0.15) is 4.98 Å². The third kappa shape index (κ3) is 2.66. The van der Waals surface area contributed by atoms with Crippen LogP contribution in [0.5, 0.6) is 0 Å². The number of nitrogens with two attached hydrogens (primary N) is 1. The lowest BCUT2D eigenvalue weighted by atomic mass is 9.67. The van der Waals surface area contributed by atoms with Crippen LogP contribution >= 0.6 is 0 Å². The van der Waals surface area contributed by atoms with Gasteiger partial charge in [0, 0.05) is 19.5 Å². The Kier molecular flexibility index (Phi) is 3.56. The van der Waals surface area contributed by atoms with E-state index in [1.54, 1.807) is 0 Å². The first kappa shape index (κ1) is 13.0. The van der Waals surface area contributed by atoms with Crippen molar-refractivity contribution in [3.8, 4) is 0 Å². The Balaban J connectivity index is 1.65. The lowest BCUT2D eigenvalue weighted by Crippen LogP contribution is -2.39. The molecule has 1 saturated carbocycles. The van der Waals surface area contributed by atoms with Crippen LogP contribution in [0.4, 0.5) is 0 Å². The van der Waals surface area contributed by atoms with E-state index in [0.717, 1.165) is 26.1 Å². The van der Waals surface area contributed by atoms with Crippen molar-refractivity contribution in [3.63, 3.8) is 0 Å². The predicted octanol–water partition coefficient (Wildman–Crippen LogP) is 0.744. The van der Waals surface area contributed by atoms with Crippen molar-refractivity contribution in [1.82, 2.24) is 15.0 Å². The summed E-state index contributed by atoms with van der Waals surface area (Å²) in [5, 5.41) is 4.07. The third-order valence-corrected chi connectivity index (χ3v) is 4.41. The van der Waals surface area contributed by atoms with Gasteiger partial charge in [-0.3, -0.25) is 0 Å². The van der Waals surface area contributed by atoms with Crippen molar-refractivity contribution in [2.24, 2.45) is 11.1 Å². The minimum atomic E-state index is -0.0635. The van der Waals surface area contributed by atoms with Crippen molar-refractivity contribution in [3.05, 3.63) is 11.7 Å². The van der Waals surface area contributed by atoms with E-state index in [1.165, 1.54) is 19.3 Å². The molecule has 2 N–H and O–H groups in total. The van der Waals surface area contributed by atoms with Crippen molar-refractivity contribution in [2.45, 2.75) is 31.8 Å². The summed E-state index contributed by atoms with van der Waals surface area (Å²) in [4.78, 5) is 6.72. The van der Waals surface area contributed by atoms with Gasteiger partial charge in [0.1, 0.15) is 6.10 Å². The number of aromatic nitrogens is 2. The van der Waals surface area contributed by atoms with E-state index in [9.17, 15) is 0 Å². The molecule has 19 heavy (non-hydrogen) atoms. The van der Waals surface area contributed by atoms with E-state index in [1.807, 2.05) is 0 Å². The highest BCUT2D eigenvalue weighted by Gasteiger charge is 2.37. The summed E-state index contributed by atoms with van der Waals surface area (Å²) in [6, 6.07) is 0. The van der Waals surface area contributed by atoms with Gasteiger partial charge in [-0.25, -0.2) is 0 Å². The quantitative estimate of drug-likeness (QED) is 0.866. The normalized spacial score (nSPS) is 27.2.